The Morgan fingerprint density at radius 2 is 0.975 bits per heavy atom. The molecule has 0 saturated heterocycles. The van der Waals surface area contributed by atoms with E-state index in [1.54, 1.807) is 0 Å². The van der Waals surface area contributed by atoms with Crippen LogP contribution >= 0.6 is 0 Å². The van der Waals surface area contributed by atoms with E-state index in [0.717, 1.165) is 66.6 Å². The van der Waals surface area contributed by atoms with E-state index in [9.17, 15) is 0 Å². The first kappa shape index (κ1) is 23.5. The monoisotopic (exact) mass is 509 g/mol. The minimum Gasteiger partial charge on any atom is -0.228 e. The number of hydrogen-bond acceptors (Lipinski definition) is 3. The Morgan fingerprint density at radius 3 is 1.68 bits per heavy atom. The Labute approximate surface area is 232 Å². The molecule has 3 nitrogen and oxygen atoms in total. The number of rotatable bonds is 4. The van der Waals surface area contributed by atoms with Gasteiger partial charge in [0.05, 0.1) is 22.8 Å². The lowest BCUT2D eigenvalue weighted by molar-refractivity contribution is 1.23. The fourth-order valence-corrected chi connectivity index (χ4v) is 5.34. The van der Waals surface area contributed by atoms with Crippen LogP contribution in [0.4, 0.5) is 0 Å². The van der Waals surface area contributed by atoms with E-state index >= 15 is 0 Å². The Balaban J connectivity index is 1.35. The molecule has 0 atom stereocenters. The van der Waals surface area contributed by atoms with Gasteiger partial charge in [0.1, 0.15) is 0 Å². The Kier molecular flexibility index (Phi) is 5.85. The molecule has 0 radical (unpaired) electrons. The molecule has 0 spiro atoms. The Morgan fingerprint density at radius 1 is 0.425 bits per heavy atom. The minimum atomic E-state index is 0.665. The second kappa shape index (κ2) is 9.94. The first-order valence-corrected chi connectivity index (χ1v) is 13.2. The van der Waals surface area contributed by atoms with Gasteiger partial charge >= 0.3 is 0 Å². The highest BCUT2D eigenvalue weighted by atomic mass is 14.9. The number of para-hydroxylation sites is 1. The van der Waals surface area contributed by atoms with Gasteiger partial charge in [0.2, 0.25) is 0 Å². The van der Waals surface area contributed by atoms with Gasteiger partial charge in [-0.25, -0.2) is 9.97 Å². The third kappa shape index (κ3) is 4.18. The largest absolute Gasteiger partial charge is 0.228 e. The summed E-state index contributed by atoms with van der Waals surface area (Å²) < 4.78 is 0. The number of nitriles is 1. The molecule has 186 valence electrons. The number of fused-ring (bicyclic) bond motifs is 2. The maximum atomic E-state index is 9.09. The van der Waals surface area contributed by atoms with Crippen molar-refractivity contribution in [3.63, 3.8) is 0 Å². The summed E-state index contributed by atoms with van der Waals surface area (Å²) in [6.07, 6.45) is 0. The summed E-state index contributed by atoms with van der Waals surface area (Å²) in [4.78, 5) is 10.1. The smallest absolute Gasteiger partial charge is 0.161 e. The topological polar surface area (TPSA) is 49.6 Å². The maximum Gasteiger partial charge on any atom is 0.161 e. The third-order valence-corrected chi connectivity index (χ3v) is 7.36. The standard InChI is InChI=1S/C37H23N3/c38-24-25-14-16-26(17-15-25)27-18-20-28(21-19-27)30-22-23-33(32-11-5-4-10-31(30)32)37-39-35-13-7-6-12-34(35)36(40-37)29-8-2-1-3-9-29/h1-23H. The molecule has 0 N–H and O–H groups in total. The van der Waals surface area contributed by atoms with Gasteiger partial charge in [0.25, 0.3) is 0 Å². The van der Waals surface area contributed by atoms with Crippen molar-refractivity contribution < 1.29 is 0 Å². The van der Waals surface area contributed by atoms with Crippen molar-refractivity contribution in [2.24, 2.45) is 0 Å². The van der Waals surface area contributed by atoms with Crippen molar-refractivity contribution in [2.75, 3.05) is 0 Å². The van der Waals surface area contributed by atoms with Crippen LogP contribution in [0.1, 0.15) is 5.56 Å². The molecular formula is C37H23N3. The van der Waals surface area contributed by atoms with Crippen LogP contribution in [0, 0.1) is 11.3 Å². The number of aromatic nitrogens is 2. The van der Waals surface area contributed by atoms with Crippen molar-refractivity contribution in [1.82, 2.24) is 9.97 Å². The van der Waals surface area contributed by atoms with Gasteiger partial charge in [-0.05, 0) is 57.3 Å². The summed E-state index contributed by atoms with van der Waals surface area (Å²) in [5.74, 6) is 0.719. The summed E-state index contributed by atoms with van der Waals surface area (Å²) in [6, 6.07) is 49.8. The molecule has 0 aliphatic heterocycles. The predicted octanol–water partition coefficient (Wildman–Crippen LogP) is 9.32. The highest BCUT2D eigenvalue weighted by Crippen LogP contribution is 2.37. The summed E-state index contributed by atoms with van der Waals surface area (Å²) >= 11 is 0. The third-order valence-electron chi connectivity index (χ3n) is 7.36. The first-order chi connectivity index (χ1) is 19.8. The highest BCUT2D eigenvalue weighted by molar-refractivity contribution is 6.05. The van der Waals surface area contributed by atoms with Gasteiger partial charge < -0.3 is 0 Å². The van der Waals surface area contributed by atoms with Gasteiger partial charge in [0.15, 0.2) is 5.82 Å². The molecule has 0 amide bonds. The lowest BCUT2D eigenvalue weighted by Crippen LogP contribution is -1.96. The quantitative estimate of drug-likeness (QED) is 0.237. The molecule has 0 saturated carbocycles. The Bertz CT molecular complexity index is 2040. The van der Waals surface area contributed by atoms with E-state index in [1.165, 1.54) is 0 Å². The molecular weight excluding hydrogens is 486 g/mol. The van der Waals surface area contributed by atoms with Crippen LogP contribution in [-0.4, -0.2) is 9.97 Å². The van der Waals surface area contributed by atoms with Crippen molar-refractivity contribution in [3.8, 4) is 51.0 Å². The lowest BCUT2D eigenvalue weighted by Gasteiger charge is -2.14. The Hall–Kier alpha value is -5.59. The van der Waals surface area contributed by atoms with E-state index in [4.69, 9.17) is 15.2 Å². The van der Waals surface area contributed by atoms with E-state index in [0.29, 0.717) is 5.56 Å². The molecule has 0 bridgehead atoms. The molecule has 0 fully saturated rings. The van der Waals surface area contributed by atoms with E-state index in [1.807, 2.05) is 54.6 Å². The van der Waals surface area contributed by atoms with Gasteiger partial charge in [-0.15, -0.1) is 0 Å². The van der Waals surface area contributed by atoms with Crippen LogP contribution in [0.3, 0.4) is 0 Å². The number of hydrogen-bond donors (Lipinski definition) is 0. The van der Waals surface area contributed by atoms with Crippen molar-refractivity contribution in [3.05, 3.63) is 145 Å². The molecule has 1 aromatic heterocycles. The van der Waals surface area contributed by atoms with Crippen LogP contribution in [0.25, 0.3) is 66.6 Å². The van der Waals surface area contributed by atoms with Gasteiger partial charge in [-0.1, -0.05) is 115 Å². The average Bonchev–Trinajstić information content (AvgIpc) is 3.04. The fourth-order valence-electron chi connectivity index (χ4n) is 5.34. The predicted molar refractivity (Wildman–Crippen MR) is 164 cm³/mol. The van der Waals surface area contributed by atoms with E-state index in [2.05, 4.69) is 91.0 Å². The zero-order chi connectivity index (χ0) is 26.9. The van der Waals surface area contributed by atoms with Crippen LogP contribution in [0.5, 0.6) is 0 Å². The summed E-state index contributed by atoms with van der Waals surface area (Å²) in [6.45, 7) is 0. The van der Waals surface area contributed by atoms with Gasteiger partial charge in [-0.2, -0.15) is 5.26 Å². The molecule has 7 aromatic rings. The first-order valence-electron chi connectivity index (χ1n) is 13.2. The van der Waals surface area contributed by atoms with E-state index < -0.39 is 0 Å². The van der Waals surface area contributed by atoms with Crippen LogP contribution in [-0.2, 0) is 0 Å². The van der Waals surface area contributed by atoms with Crippen molar-refractivity contribution >= 4 is 21.7 Å². The second-order valence-corrected chi connectivity index (χ2v) is 9.75. The maximum absolute atomic E-state index is 9.09. The van der Waals surface area contributed by atoms with Crippen LogP contribution in [0.15, 0.2) is 140 Å². The minimum absolute atomic E-state index is 0.665. The average molecular weight is 510 g/mol. The van der Waals surface area contributed by atoms with Crippen LogP contribution in [0.2, 0.25) is 0 Å². The number of benzene rings is 6. The molecule has 0 unspecified atom stereocenters. The summed E-state index contributed by atoms with van der Waals surface area (Å²) in [5, 5.41) is 12.4. The van der Waals surface area contributed by atoms with Crippen LogP contribution < -0.4 is 0 Å². The molecule has 0 aliphatic rings. The summed E-state index contributed by atoms with van der Waals surface area (Å²) in [5.41, 5.74) is 9.13. The second-order valence-electron chi connectivity index (χ2n) is 9.75. The zero-order valence-electron chi connectivity index (χ0n) is 21.6. The van der Waals surface area contributed by atoms with Gasteiger partial charge in [-0.3, -0.25) is 0 Å². The van der Waals surface area contributed by atoms with Gasteiger partial charge in [0, 0.05) is 16.5 Å². The fraction of sp³-hybridized carbons (Fsp3) is 0. The van der Waals surface area contributed by atoms with Crippen molar-refractivity contribution in [2.45, 2.75) is 0 Å². The molecule has 0 aliphatic carbocycles. The number of nitrogens with zero attached hydrogens (tertiary/aromatic N) is 3. The lowest BCUT2D eigenvalue weighted by atomic mass is 9.93. The molecule has 1 heterocycles. The van der Waals surface area contributed by atoms with E-state index in [-0.39, 0.29) is 0 Å². The molecule has 3 heteroatoms. The molecule has 7 rings (SSSR count). The van der Waals surface area contributed by atoms with Crippen molar-refractivity contribution in [1.29, 1.82) is 5.26 Å². The molecule has 6 aromatic carbocycles. The molecule has 40 heavy (non-hydrogen) atoms. The SMILES string of the molecule is N#Cc1ccc(-c2ccc(-c3ccc(-c4nc(-c5ccccc5)c5ccccc5n4)c4ccccc34)cc2)cc1. The normalized spacial score (nSPS) is 11.0. The zero-order valence-corrected chi connectivity index (χ0v) is 21.6. The highest BCUT2D eigenvalue weighted by Gasteiger charge is 2.15. The summed E-state index contributed by atoms with van der Waals surface area (Å²) in [7, 11) is 0.